The van der Waals surface area contributed by atoms with Crippen molar-refractivity contribution in [2.75, 3.05) is 46.1 Å². The van der Waals surface area contributed by atoms with E-state index < -0.39 is 15.9 Å². The number of methoxy groups -OCH3 is 4. The number of benzene rings is 4. The summed E-state index contributed by atoms with van der Waals surface area (Å²) in [5.74, 6) is 1.79. The second-order valence-corrected chi connectivity index (χ2v) is 15.7. The normalized spacial score (nSPS) is 15.6. The molecule has 0 aliphatic carbocycles. The van der Waals surface area contributed by atoms with Gasteiger partial charge in [-0.15, -0.1) is 11.8 Å². The number of sulfone groups is 1. The molecule has 1 aliphatic heterocycles. The molecule has 0 saturated carbocycles. The monoisotopic (exact) mass is 786 g/mol. The Bertz CT molecular complexity index is 1890. The average molecular weight is 788 g/mol. The van der Waals surface area contributed by atoms with Crippen LogP contribution in [-0.2, 0) is 16.4 Å². The fourth-order valence-corrected chi connectivity index (χ4v) is 9.41. The average Bonchev–Trinajstić information content (AvgIpc) is 3.62. The number of nitrogens with zero attached hydrogens (tertiary/aromatic N) is 1. The number of amides is 2. The van der Waals surface area contributed by atoms with Crippen LogP contribution in [0.2, 0.25) is 0 Å². The molecule has 2 unspecified atom stereocenters. The van der Waals surface area contributed by atoms with Gasteiger partial charge in [-0.2, -0.15) is 0 Å². The van der Waals surface area contributed by atoms with Crippen LogP contribution in [0, 0.1) is 0 Å². The first kappa shape index (κ1) is 37.2. The van der Waals surface area contributed by atoms with Gasteiger partial charge in [-0.05, 0) is 81.9 Å². The van der Waals surface area contributed by atoms with E-state index in [1.807, 2.05) is 36.4 Å². The van der Waals surface area contributed by atoms with E-state index in [4.69, 9.17) is 23.7 Å². The van der Waals surface area contributed by atoms with Crippen LogP contribution in [0.25, 0.3) is 0 Å². The summed E-state index contributed by atoms with van der Waals surface area (Å²) >= 11 is 5.06. The topological polar surface area (TPSA) is 133 Å². The SMILES string of the molecule is COc1cc(C2CCC(c3cc(OC)c(OC)c(OC)c3)S2)cc(NC(=O)N(O)Cc2ccccc2)c1OCCS(=O)(=O)c1ccccc1Br. The van der Waals surface area contributed by atoms with Gasteiger partial charge in [-0.1, -0.05) is 42.5 Å². The molecule has 0 spiro atoms. The van der Waals surface area contributed by atoms with E-state index in [-0.39, 0.29) is 45.7 Å². The minimum atomic E-state index is -3.71. The highest BCUT2D eigenvalue weighted by atomic mass is 79.9. The van der Waals surface area contributed by atoms with Gasteiger partial charge in [0.15, 0.2) is 32.8 Å². The summed E-state index contributed by atoms with van der Waals surface area (Å²) < 4.78 is 55.2. The van der Waals surface area contributed by atoms with Gasteiger partial charge in [0.05, 0.1) is 51.3 Å². The molecule has 4 aromatic rings. The fraction of sp³-hybridized carbons (Fsp3) is 0.306. The second-order valence-electron chi connectivity index (χ2n) is 11.3. The molecule has 11 nitrogen and oxygen atoms in total. The summed E-state index contributed by atoms with van der Waals surface area (Å²) in [6.45, 7) is -0.282. The highest BCUT2D eigenvalue weighted by Crippen LogP contribution is 2.56. The summed E-state index contributed by atoms with van der Waals surface area (Å²) in [6, 6.07) is 22.4. The zero-order valence-corrected chi connectivity index (χ0v) is 31.3. The standard InChI is InChI=1S/C36H39BrN2O9S2/c1-44-28-19-24(31-14-15-32(49-31)25-20-29(45-2)35(47-4)30(21-25)46-3)18-27(38-36(40)39(41)22-23-10-6-5-7-11-23)34(28)48-16-17-50(42,43)33-13-9-8-12-26(33)37/h5-13,18-21,31-32,41H,14-17,22H2,1-4H3,(H,38,40). The Kier molecular flexibility index (Phi) is 12.4. The van der Waals surface area contributed by atoms with E-state index in [0.29, 0.717) is 32.5 Å². The molecule has 14 heteroatoms. The quantitative estimate of drug-likeness (QED) is 0.0956. The zero-order valence-electron chi connectivity index (χ0n) is 28.1. The molecular formula is C36H39BrN2O9S2. The first-order chi connectivity index (χ1) is 24.1. The molecule has 1 aliphatic rings. The minimum absolute atomic E-state index is 0.00282. The molecule has 50 heavy (non-hydrogen) atoms. The zero-order chi connectivity index (χ0) is 35.8. The van der Waals surface area contributed by atoms with Crippen molar-refractivity contribution in [1.82, 2.24) is 5.06 Å². The Morgan fingerprint density at radius 3 is 1.98 bits per heavy atom. The van der Waals surface area contributed by atoms with Crippen LogP contribution >= 0.6 is 27.7 Å². The van der Waals surface area contributed by atoms with Gasteiger partial charge in [0.25, 0.3) is 0 Å². The summed E-state index contributed by atoms with van der Waals surface area (Å²) in [7, 11) is 2.50. The van der Waals surface area contributed by atoms with Gasteiger partial charge < -0.3 is 29.0 Å². The van der Waals surface area contributed by atoms with E-state index in [2.05, 4.69) is 21.2 Å². The van der Waals surface area contributed by atoms with E-state index in [0.717, 1.165) is 29.5 Å². The number of carbonyl (C=O) groups is 1. The molecular weight excluding hydrogens is 748 g/mol. The van der Waals surface area contributed by atoms with Gasteiger partial charge in [0.2, 0.25) is 5.75 Å². The first-order valence-electron chi connectivity index (χ1n) is 15.7. The Morgan fingerprint density at radius 1 is 0.840 bits per heavy atom. The molecule has 1 fully saturated rings. The third-order valence-corrected chi connectivity index (χ3v) is 12.5. The third-order valence-electron chi connectivity index (χ3n) is 8.17. The second kappa shape index (κ2) is 16.7. The molecule has 5 rings (SSSR count). The lowest BCUT2D eigenvalue weighted by atomic mass is 10.0. The summed E-state index contributed by atoms with van der Waals surface area (Å²) in [4.78, 5) is 13.4. The smallest absolute Gasteiger partial charge is 0.345 e. The van der Waals surface area contributed by atoms with Crippen LogP contribution in [0.3, 0.4) is 0 Å². The molecule has 0 aromatic heterocycles. The van der Waals surface area contributed by atoms with Crippen molar-refractivity contribution in [3.05, 3.63) is 100 Å². The molecule has 2 atom stereocenters. The third kappa shape index (κ3) is 8.60. The number of nitrogens with one attached hydrogen (secondary N) is 1. The number of halogens is 1. The van der Waals surface area contributed by atoms with Gasteiger partial charge in [0, 0.05) is 15.0 Å². The number of anilines is 1. The highest BCUT2D eigenvalue weighted by Gasteiger charge is 2.31. The van der Waals surface area contributed by atoms with E-state index in [1.54, 1.807) is 69.5 Å². The van der Waals surface area contributed by atoms with Crippen molar-refractivity contribution >= 4 is 49.2 Å². The number of rotatable bonds is 14. The van der Waals surface area contributed by atoms with Crippen molar-refractivity contribution in [2.45, 2.75) is 34.8 Å². The van der Waals surface area contributed by atoms with Crippen molar-refractivity contribution in [3.8, 4) is 28.7 Å². The van der Waals surface area contributed by atoms with Crippen LogP contribution in [0.4, 0.5) is 10.5 Å². The molecule has 2 amide bonds. The molecule has 266 valence electrons. The number of urea groups is 1. The number of hydrogen-bond acceptors (Lipinski definition) is 10. The fourth-order valence-electron chi connectivity index (χ4n) is 5.69. The highest BCUT2D eigenvalue weighted by molar-refractivity contribution is 9.10. The predicted octanol–water partition coefficient (Wildman–Crippen LogP) is 8.07. The van der Waals surface area contributed by atoms with Gasteiger partial charge >= 0.3 is 6.03 Å². The van der Waals surface area contributed by atoms with Crippen LogP contribution < -0.4 is 29.0 Å². The molecule has 2 N–H and O–H groups in total. The van der Waals surface area contributed by atoms with Gasteiger partial charge in [-0.3, -0.25) is 5.21 Å². The Morgan fingerprint density at radius 2 is 1.40 bits per heavy atom. The van der Waals surface area contributed by atoms with Gasteiger partial charge in [0.1, 0.15) is 6.61 Å². The maximum Gasteiger partial charge on any atom is 0.345 e. The molecule has 0 radical (unpaired) electrons. The van der Waals surface area contributed by atoms with Crippen molar-refractivity contribution in [2.24, 2.45) is 0 Å². The number of thioether (sulfide) groups is 1. The Labute approximate surface area is 304 Å². The van der Waals surface area contributed by atoms with Crippen LogP contribution in [0.5, 0.6) is 28.7 Å². The summed E-state index contributed by atoms with van der Waals surface area (Å²) in [5.41, 5.74) is 2.84. The molecule has 4 aromatic carbocycles. The Balaban J connectivity index is 1.42. The number of hydroxylamine groups is 2. The molecule has 0 bridgehead atoms. The lowest BCUT2D eigenvalue weighted by Crippen LogP contribution is -2.31. The summed E-state index contributed by atoms with van der Waals surface area (Å²) in [5, 5.41) is 14.1. The van der Waals surface area contributed by atoms with Crippen LogP contribution in [0.15, 0.2) is 88.2 Å². The number of ether oxygens (including phenoxy) is 5. The molecule has 1 heterocycles. The largest absolute Gasteiger partial charge is 0.493 e. The van der Waals surface area contributed by atoms with Crippen LogP contribution in [0.1, 0.15) is 40.0 Å². The molecule has 1 saturated heterocycles. The first-order valence-corrected chi connectivity index (χ1v) is 19.1. The van der Waals surface area contributed by atoms with Crippen molar-refractivity contribution in [1.29, 1.82) is 0 Å². The number of carbonyl (C=O) groups excluding carboxylic acids is 1. The summed E-state index contributed by atoms with van der Waals surface area (Å²) in [6.07, 6.45) is 1.66. The van der Waals surface area contributed by atoms with Crippen molar-refractivity contribution < 1.29 is 42.1 Å². The maximum atomic E-state index is 13.3. The maximum absolute atomic E-state index is 13.3. The van der Waals surface area contributed by atoms with Crippen molar-refractivity contribution in [3.63, 3.8) is 0 Å². The van der Waals surface area contributed by atoms with E-state index >= 15 is 0 Å². The minimum Gasteiger partial charge on any atom is -0.493 e. The van der Waals surface area contributed by atoms with E-state index in [9.17, 15) is 18.4 Å². The number of hydrogen-bond donors (Lipinski definition) is 2. The Hall–Kier alpha value is -4.11. The lowest BCUT2D eigenvalue weighted by Gasteiger charge is -2.22. The lowest BCUT2D eigenvalue weighted by molar-refractivity contribution is -0.0449. The van der Waals surface area contributed by atoms with E-state index in [1.165, 1.54) is 13.2 Å². The predicted molar refractivity (Wildman–Crippen MR) is 196 cm³/mol. The van der Waals surface area contributed by atoms with Gasteiger partial charge in [-0.25, -0.2) is 18.3 Å². The van der Waals surface area contributed by atoms with Crippen LogP contribution in [-0.4, -0.2) is 65.5 Å².